The monoisotopic (exact) mass is 273 g/mol. The van der Waals surface area contributed by atoms with Crippen molar-refractivity contribution in [3.05, 3.63) is 41.5 Å². The molecule has 3 N–H and O–H groups in total. The highest BCUT2D eigenvalue weighted by Crippen LogP contribution is 2.11. The molecule has 2 heterocycles. The van der Waals surface area contributed by atoms with Crippen LogP contribution in [0.3, 0.4) is 0 Å². The summed E-state index contributed by atoms with van der Waals surface area (Å²) in [5, 5.41) is 12.7. The van der Waals surface area contributed by atoms with Crippen molar-refractivity contribution in [1.29, 1.82) is 0 Å². The first-order valence-corrected chi connectivity index (χ1v) is 6.53. The number of pyridine rings is 1. The number of anilines is 1. The Morgan fingerprint density at radius 2 is 2.25 bits per heavy atom. The van der Waals surface area contributed by atoms with Crippen molar-refractivity contribution in [1.82, 2.24) is 20.5 Å². The Morgan fingerprint density at radius 1 is 1.45 bits per heavy atom. The number of carbonyl (C=O) groups is 1. The zero-order chi connectivity index (χ0) is 14.5. The van der Waals surface area contributed by atoms with Crippen LogP contribution in [0.15, 0.2) is 24.5 Å². The van der Waals surface area contributed by atoms with Gasteiger partial charge < -0.3 is 10.6 Å². The van der Waals surface area contributed by atoms with Crippen LogP contribution in [-0.4, -0.2) is 27.3 Å². The average Bonchev–Trinajstić information content (AvgIpc) is 2.77. The summed E-state index contributed by atoms with van der Waals surface area (Å²) < 4.78 is 0. The molecule has 0 radical (unpaired) electrons. The summed E-state index contributed by atoms with van der Waals surface area (Å²) in [6, 6.07) is 3.53. The molecule has 2 rings (SSSR count). The molecule has 1 atom stereocenters. The van der Waals surface area contributed by atoms with Crippen LogP contribution in [0, 0.1) is 13.8 Å². The zero-order valence-corrected chi connectivity index (χ0v) is 11.9. The topological polar surface area (TPSA) is 82.7 Å². The quantitative estimate of drug-likeness (QED) is 0.798. The van der Waals surface area contributed by atoms with Crippen LogP contribution in [-0.2, 0) is 6.42 Å². The van der Waals surface area contributed by atoms with Gasteiger partial charge in [0.2, 0.25) is 0 Å². The zero-order valence-electron chi connectivity index (χ0n) is 11.9. The number of aromatic amines is 1. The summed E-state index contributed by atoms with van der Waals surface area (Å²) in [4.78, 5) is 15.9. The number of nitrogens with one attached hydrogen (secondary N) is 3. The van der Waals surface area contributed by atoms with E-state index in [2.05, 4.69) is 25.8 Å². The standard InChI is InChI=1S/C14H19N5O/c1-9-8-15-5-4-13(9)17-14(20)16-10(2)6-12-7-11(3)18-19-12/h4-5,7-8,10H,6H2,1-3H3,(H,18,19)(H2,15,16,17,20)/t10-/m1/s1. The van der Waals surface area contributed by atoms with Gasteiger partial charge in [-0.2, -0.15) is 5.10 Å². The molecule has 20 heavy (non-hydrogen) atoms. The van der Waals surface area contributed by atoms with Crippen LogP contribution in [0.5, 0.6) is 0 Å². The molecule has 6 heteroatoms. The molecule has 0 fully saturated rings. The Kier molecular flexibility index (Phi) is 4.34. The first kappa shape index (κ1) is 14.0. The summed E-state index contributed by atoms with van der Waals surface area (Å²) in [5.41, 5.74) is 3.65. The fraction of sp³-hybridized carbons (Fsp3) is 0.357. The van der Waals surface area contributed by atoms with Crippen LogP contribution in [0.1, 0.15) is 23.9 Å². The third kappa shape index (κ3) is 3.81. The van der Waals surface area contributed by atoms with Gasteiger partial charge in [0.25, 0.3) is 0 Å². The summed E-state index contributed by atoms with van der Waals surface area (Å²) in [6.07, 6.45) is 4.05. The molecule has 0 aliphatic heterocycles. The van der Waals surface area contributed by atoms with Crippen LogP contribution in [0.4, 0.5) is 10.5 Å². The number of carbonyl (C=O) groups excluding carboxylic acids is 1. The van der Waals surface area contributed by atoms with E-state index in [1.165, 1.54) is 0 Å². The van der Waals surface area contributed by atoms with E-state index in [0.29, 0.717) is 6.42 Å². The van der Waals surface area contributed by atoms with Crippen molar-refractivity contribution in [2.75, 3.05) is 5.32 Å². The first-order chi connectivity index (χ1) is 9.54. The fourth-order valence-electron chi connectivity index (χ4n) is 1.94. The van der Waals surface area contributed by atoms with Gasteiger partial charge in [-0.1, -0.05) is 0 Å². The number of H-pyrrole nitrogens is 1. The molecule has 0 aliphatic carbocycles. The van der Waals surface area contributed by atoms with Gasteiger partial charge in [0, 0.05) is 36.2 Å². The second kappa shape index (κ2) is 6.18. The van der Waals surface area contributed by atoms with E-state index in [4.69, 9.17) is 0 Å². The molecule has 6 nitrogen and oxygen atoms in total. The summed E-state index contributed by atoms with van der Waals surface area (Å²) in [7, 11) is 0. The Hall–Kier alpha value is -2.37. The molecule has 2 aromatic rings. The maximum absolute atomic E-state index is 11.9. The molecule has 0 aromatic carbocycles. The van der Waals surface area contributed by atoms with E-state index in [1.54, 1.807) is 18.5 Å². The minimum Gasteiger partial charge on any atom is -0.335 e. The molecule has 2 amide bonds. The minimum absolute atomic E-state index is 0.000145. The molecule has 2 aromatic heterocycles. The number of hydrogen-bond acceptors (Lipinski definition) is 3. The lowest BCUT2D eigenvalue weighted by atomic mass is 10.2. The fourth-order valence-corrected chi connectivity index (χ4v) is 1.94. The van der Waals surface area contributed by atoms with Crippen LogP contribution >= 0.6 is 0 Å². The van der Waals surface area contributed by atoms with Crippen molar-refractivity contribution in [3.8, 4) is 0 Å². The lowest BCUT2D eigenvalue weighted by molar-refractivity contribution is 0.249. The average molecular weight is 273 g/mol. The highest BCUT2D eigenvalue weighted by molar-refractivity contribution is 5.90. The second-order valence-corrected chi connectivity index (χ2v) is 4.94. The molecule has 0 saturated carbocycles. The molecule has 0 spiro atoms. The number of aromatic nitrogens is 3. The molecule has 0 unspecified atom stereocenters. The van der Waals surface area contributed by atoms with E-state index >= 15 is 0 Å². The van der Waals surface area contributed by atoms with Crippen LogP contribution < -0.4 is 10.6 Å². The van der Waals surface area contributed by atoms with Crippen molar-refractivity contribution in [2.24, 2.45) is 0 Å². The van der Waals surface area contributed by atoms with Gasteiger partial charge >= 0.3 is 6.03 Å². The minimum atomic E-state index is -0.223. The molecular weight excluding hydrogens is 254 g/mol. The number of amides is 2. The summed E-state index contributed by atoms with van der Waals surface area (Å²) >= 11 is 0. The number of aryl methyl sites for hydroxylation is 2. The lowest BCUT2D eigenvalue weighted by Gasteiger charge is -2.14. The lowest BCUT2D eigenvalue weighted by Crippen LogP contribution is -2.37. The molecular formula is C14H19N5O. The van der Waals surface area contributed by atoms with Gasteiger partial charge in [-0.15, -0.1) is 0 Å². The normalized spacial score (nSPS) is 11.9. The highest BCUT2D eigenvalue weighted by Gasteiger charge is 2.10. The van der Waals surface area contributed by atoms with Crippen LogP contribution in [0.25, 0.3) is 0 Å². The van der Waals surface area contributed by atoms with Gasteiger partial charge in [0.05, 0.1) is 5.69 Å². The van der Waals surface area contributed by atoms with Crippen molar-refractivity contribution >= 4 is 11.7 Å². The van der Waals surface area contributed by atoms with Crippen LogP contribution in [0.2, 0.25) is 0 Å². The number of urea groups is 1. The maximum atomic E-state index is 11.9. The highest BCUT2D eigenvalue weighted by atomic mass is 16.2. The Morgan fingerprint density at radius 3 is 2.90 bits per heavy atom. The molecule has 0 bridgehead atoms. The maximum Gasteiger partial charge on any atom is 0.319 e. The Bertz CT molecular complexity index is 593. The third-order valence-corrected chi connectivity index (χ3v) is 2.92. The largest absolute Gasteiger partial charge is 0.335 e. The van der Waals surface area contributed by atoms with Gasteiger partial charge in [-0.3, -0.25) is 10.1 Å². The second-order valence-electron chi connectivity index (χ2n) is 4.94. The van der Waals surface area contributed by atoms with Gasteiger partial charge in [0.1, 0.15) is 0 Å². The van der Waals surface area contributed by atoms with Crippen molar-refractivity contribution in [3.63, 3.8) is 0 Å². The van der Waals surface area contributed by atoms with E-state index < -0.39 is 0 Å². The van der Waals surface area contributed by atoms with E-state index in [0.717, 1.165) is 22.6 Å². The molecule has 0 saturated heterocycles. The first-order valence-electron chi connectivity index (χ1n) is 6.53. The SMILES string of the molecule is Cc1cc(C[C@@H](C)NC(=O)Nc2ccncc2C)n[nH]1. The van der Waals surface area contributed by atoms with E-state index in [9.17, 15) is 4.79 Å². The third-order valence-electron chi connectivity index (χ3n) is 2.92. The number of nitrogens with zero attached hydrogens (tertiary/aromatic N) is 2. The number of hydrogen-bond donors (Lipinski definition) is 3. The summed E-state index contributed by atoms with van der Waals surface area (Å²) in [6.45, 7) is 5.80. The van der Waals surface area contributed by atoms with Gasteiger partial charge in [-0.05, 0) is 38.5 Å². The molecule has 106 valence electrons. The van der Waals surface area contributed by atoms with Crippen molar-refractivity contribution in [2.45, 2.75) is 33.2 Å². The smallest absolute Gasteiger partial charge is 0.319 e. The predicted octanol–water partition coefficient (Wildman–Crippen LogP) is 2.17. The Labute approximate surface area is 118 Å². The predicted molar refractivity (Wildman–Crippen MR) is 77.6 cm³/mol. The summed E-state index contributed by atoms with van der Waals surface area (Å²) in [5.74, 6) is 0. The van der Waals surface area contributed by atoms with E-state index in [-0.39, 0.29) is 12.1 Å². The van der Waals surface area contributed by atoms with Gasteiger partial charge in [0.15, 0.2) is 0 Å². The van der Waals surface area contributed by atoms with E-state index in [1.807, 2.05) is 26.8 Å². The Balaban J connectivity index is 1.86. The van der Waals surface area contributed by atoms with Crippen molar-refractivity contribution < 1.29 is 4.79 Å². The number of rotatable bonds is 4. The molecule has 0 aliphatic rings. The van der Waals surface area contributed by atoms with Gasteiger partial charge in [-0.25, -0.2) is 4.79 Å².